The number of nitrogens with zero attached hydrogens (tertiary/aromatic N) is 2. The maximum atomic E-state index is 5.40. The molecule has 1 aromatic rings. The Morgan fingerprint density at radius 1 is 1.22 bits per heavy atom. The summed E-state index contributed by atoms with van der Waals surface area (Å²) < 4.78 is 17.0. The molecule has 0 unspecified atom stereocenters. The molecule has 0 aromatic heterocycles. The lowest BCUT2D eigenvalue weighted by Gasteiger charge is -2.26. The number of hydrogen-bond acceptors (Lipinski definition) is 5. The molecular formula is C19H31BrN4O3. The van der Waals surface area contributed by atoms with Crippen LogP contribution in [0.15, 0.2) is 21.6 Å². The third kappa shape index (κ3) is 7.20. The highest BCUT2D eigenvalue weighted by Crippen LogP contribution is 2.36. The first-order chi connectivity index (χ1) is 13.2. The zero-order valence-electron chi connectivity index (χ0n) is 16.5. The third-order valence-electron chi connectivity index (χ3n) is 4.30. The van der Waals surface area contributed by atoms with Crippen LogP contribution in [0.2, 0.25) is 0 Å². The van der Waals surface area contributed by atoms with Gasteiger partial charge in [0.05, 0.1) is 38.5 Å². The Labute approximate surface area is 170 Å². The van der Waals surface area contributed by atoms with Crippen LogP contribution in [-0.4, -0.2) is 71.0 Å². The summed E-state index contributed by atoms with van der Waals surface area (Å²) in [6.07, 6.45) is 1.08. The lowest BCUT2D eigenvalue weighted by atomic mass is 10.2. The fourth-order valence-corrected chi connectivity index (χ4v) is 3.56. The molecule has 0 spiro atoms. The minimum atomic E-state index is 0.553. The van der Waals surface area contributed by atoms with Crippen molar-refractivity contribution in [2.24, 2.45) is 4.99 Å². The van der Waals surface area contributed by atoms with Crippen LogP contribution in [0.1, 0.15) is 18.9 Å². The molecule has 1 heterocycles. The summed E-state index contributed by atoms with van der Waals surface area (Å²) in [5, 5.41) is 6.70. The van der Waals surface area contributed by atoms with Crippen molar-refractivity contribution >= 4 is 21.9 Å². The van der Waals surface area contributed by atoms with Crippen molar-refractivity contribution in [3.8, 4) is 11.5 Å². The molecule has 1 aliphatic heterocycles. The highest BCUT2D eigenvalue weighted by Gasteiger charge is 2.11. The molecule has 8 heteroatoms. The molecule has 1 saturated heterocycles. The van der Waals surface area contributed by atoms with Crippen molar-refractivity contribution in [3.05, 3.63) is 22.2 Å². The van der Waals surface area contributed by atoms with E-state index in [-0.39, 0.29) is 0 Å². The van der Waals surface area contributed by atoms with E-state index >= 15 is 0 Å². The molecule has 0 amide bonds. The normalized spacial score (nSPS) is 15.5. The predicted molar refractivity (Wildman–Crippen MR) is 112 cm³/mol. The molecule has 0 saturated carbocycles. The Kier molecular flexibility index (Phi) is 9.72. The Balaban J connectivity index is 1.87. The summed E-state index contributed by atoms with van der Waals surface area (Å²) in [7, 11) is 3.27. The van der Waals surface area contributed by atoms with E-state index in [2.05, 4.69) is 43.4 Å². The smallest absolute Gasteiger partial charge is 0.191 e. The SMILES string of the molecule is CCNC(=NCc1cc(Br)c(OC)c(OC)c1)NCCCN1CCOCC1. The molecule has 1 aromatic carbocycles. The van der Waals surface area contributed by atoms with Crippen LogP contribution in [-0.2, 0) is 11.3 Å². The Morgan fingerprint density at radius 3 is 2.67 bits per heavy atom. The number of ether oxygens (including phenoxy) is 3. The van der Waals surface area contributed by atoms with Crippen LogP contribution in [0.25, 0.3) is 0 Å². The Bertz CT molecular complexity index is 607. The standard InChI is InChI=1S/C19H31BrN4O3/c1-4-21-19(22-6-5-7-24-8-10-27-11-9-24)23-14-15-12-16(20)18(26-3)17(13-15)25-2/h12-13H,4-11,14H2,1-3H3,(H2,21,22,23). The highest BCUT2D eigenvalue weighted by atomic mass is 79.9. The summed E-state index contributed by atoms with van der Waals surface area (Å²) in [6, 6.07) is 3.96. The van der Waals surface area contributed by atoms with Gasteiger partial charge in [0.1, 0.15) is 0 Å². The molecule has 27 heavy (non-hydrogen) atoms. The summed E-state index contributed by atoms with van der Waals surface area (Å²) in [5.74, 6) is 2.21. The van der Waals surface area contributed by atoms with Gasteiger partial charge in [-0.05, 0) is 53.5 Å². The molecule has 1 aliphatic rings. The van der Waals surface area contributed by atoms with Crippen LogP contribution >= 0.6 is 15.9 Å². The maximum Gasteiger partial charge on any atom is 0.191 e. The summed E-state index contributed by atoms with van der Waals surface area (Å²) >= 11 is 3.53. The van der Waals surface area contributed by atoms with E-state index in [4.69, 9.17) is 14.2 Å². The van der Waals surface area contributed by atoms with Gasteiger partial charge in [-0.25, -0.2) is 4.99 Å². The minimum Gasteiger partial charge on any atom is -0.493 e. The van der Waals surface area contributed by atoms with Crippen LogP contribution in [0.3, 0.4) is 0 Å². The number of hydrogen-bond donors (Lipinski definition) is 2. The van der Waals surface area contributed by atoms with Crippen molar-refractivity contribution in [1.29, 1.82) is 0 Å². The first kappa shape index (κ1) is 21.8. The molecule has 1 fully saturated rings. The van der Waals surface area contributed by atoms with Gasteiger partial charge in [-0.3, -0.25) is 4.90 Å². The molecule has 152 valence electrons. The predicted octanol–water partition coefficient (Wildman–Crippen LogP) is 2.24. The molecule has 7 nitrogen and oxygen atoms in total. The van der Waals surface area contributed by atoms with Gasteiger partial charge in [0.25, 0.3) is 0 Å². The maximum absolute atomic E-state index is 5.40. The number of benzene rings is 1. The molecule has 0 aliphatic carbocycles. The van der Waals surface area contributed by atoms with E-state index in [1.165, 1.54) is 0 Å². The van der Waals surface area contributed by atoms with Gasteiger partial charge in [-0.15, -0.1) is 0 Å². The summed E-state index contributed by atoms with van der Waals surface area (Å²) in [4.78, 5) is 7.12. The van der Waals surface area contributed by atoms with E-state index < -0.39 is 0 Å². The lowest BCUT2D eigenvalue weighted by Crippen LogP contribution is -2.40. The number of guanidine groups is 1. The van der Waals surface area contributed by atoms with Crippen molar-refractivity contribution in [3.63, 3.8) is 0 Å². The number of halogens is 1. The second-order valence-electron chi connectivity index (χ2n) is 6.24. The number of morpholine rings is 1. The molecule has 0 atom stereocenters. The fraction of sp³-hybridized carbons (Fsp3) is 0.632. The molecular weight excluding hydrogens is 412 g/mol. The van der Waals surface area contributed by atoms with Crippen molar-refractivity contribution in [2.45, 2.75) is 19.9 Å². The van der Waals surface area contributed by atoms with Gasteiger partial charge in [-0.1, -0.05) is 0 Å². The van der Waals surface area contributed by atoms with Gasteiger partial charge >= 0.3 is 0 Å². The van der Waals surface area contributed by atoms with E-state index in [1.807, 2.05) is 12.1 Å². The van der Waals surface area contributed by atoms with Gasteiger partial charge in [-0.2, -0.15) is 0 Å². The van der Waals surface area contributed by atoms with Gasteiger partial charge in [0.2, 0.25) is 0 Å². The average molecular weight is 443 g/mol. The van der Waals surface area contributed by atoms with Crippen LogP contribution < -0.4 is 20.1 Å². The zero-order valence-corrected chi connectivity index (χ0v) is 18.1. The van der Waals surface area contributed by atoms with Crippen LogP contribution in [0, 0.1) is 0 Å². The van der Waals surface area contributed by atoms with E-state index in [9.17, 15) is 0 Å². The Morgan fingerprint density at radius 2 is 2.00 bits per heavy atom. The second kappa shape index (κ2) is 12.0. The zero-order chi connectivity index (χ0) is 19.5. The third-order valence-corrected chi connectivity index (χ3v) is 4.89. The second-order valence-corrected chi connectivity index (χ2v) is 7.10. The Hall–Kier alpha value is -1.51. The number of rotatable bonds is 9. The monoisotopic (exact) mass is 442 g/mol. The van der Waals surface area contributed by atoms with Crippen LogP contribution in [0.4, 0.5) is 0 Å². The largest absolute Gasteiger partial charge is 0.493 e. The van der Waals surface area contributed by atoms with Crippen LogP contribution in [0.5, 0.6) is 11.5 Å². The van der Waals surface area contributed by atoms with Crippen molar-refractivity contribution < 1.29 is 14.2 Å². The van der Waals surface area contributed by atoms with E-state index in [0.717, 1.165) is 68.4 Å². The number of methoxy groups -OCH3 is 2. The van der Waals surface area contributed by atoms with Gasteiger partial charge in [0.15, 0.2) is 17.5 Å². The van der Waals surface area contributed by atoms with Gasteiger partial charge in [0, 0.05) is 26.2 Å². The number of aliphatic imine (C=N–C) groups is 1. The molecule has 0 bridgehead atoms. The summed E-state index contributed by atoms with van der Waals surface area (Å²) in [6.45, 7) is 9.17. The molecule has 2 rings (SSSR count). The number of nitrogens with one attached hydrogen (secondary N) is 2. The first-order valence-electron chi connectivity index (χ1n) is 9.40. The average Bonchev–Trinajstić information content (AvgIpc) is 2.69. The molecule has 0 radical (unpaired) electrons. The highest BCUT2D eigenvalue weighted by molar-refractivity contribution is 9.10. The van der Waals surface area contributed by atoms with E-state index in [1.54, 1.807) is 14.2 Å². The minimum absolute atomic E-state index is 0.553. The fourth-order valence-electron chi connectivity index (χ4n) is 2.91. The molecule has 2 N–H and O–H groups in total. The first-order valence-corrected chi connectivity index (χ1v) is 10.2. The van der Waals surface area contributed by atoms with Gasteiger partial charge < -0.3 is 24.8 Å². The quantitative estimate of drug-likeness (QED) is 0.347. The summed E-state index contributed by atoms with van der Waals surface area (Å²) in [5.41, 5.74) is 1.05. The van der Waals surface area contributed by atoms with E-state index in [0.29, 0.717) is 18.0 Å². The van der Waals surface area contributed by atoms with Crippen molar-refractivity contribution in [1.82, 2.24) is 15.5 Å². The lowest BCUT2D eigenvalue weighted by molar-refractivity contribution is 0.0376. The van der Waals surface area contributed by atoms with Crippen molar-refractivity contribution in [2.75, 3.05) is 60.2 Å². The topological polar surface area (TPSA) is 67.4 Å².